The van der Waals surface area contributed by atoms with E-state index in [2.05, 4.69) is 30.1 Å². The van der Waals surface area contributed by atoms with Crippen molar-refractivity contribution in [3.8, 4) is 6.07 Å². The summed E-state index contributed by atoms with van der Waals surface area (Å²) in [6.07, 6.45) is 8.94. The summed E-state index contributed by atoms with van der Waals surface area (Å²) in [6, 6.07) is 2.42. The molecule has 1 heterocycles. The Hall–Kier alpha value is -0.590. The number of hydrogen-bond acceptors (Lipinski definition) is 3. The third-order valence-electron chi connectivity index (χ3n) is 4.60. The molecule has 0 amide bonds. The first-order valence-electron chi connectivity index (χ1n) is 8.52. The van der Waals surface area contributed by atoms with Crippen LogP contribution < -0.4 is 5.32 Å². The van der Waals surface area contributed by atoms with Crippen molar-refractivity contribution in [3.05, 3.63) is 0 Å². The first-order valence-corrected chi connectivity index (χ1v) is 8.52. The molecular weight excluding hydrogens is 246 g/mol. The molecule has 1 fully saturated rings. The summed E-state index contributed by atoms with van der Waals surface area (Å²) in [5, 5.41) is 12.6. The predicted octanol–water partition coefficient (Wildman–Crippen LogP) is 3.56. The predicted molar refractivity (Wildman–Crippen MR) is 85.6 cm³/mol. The van der Waals surface area contributed by atoms with Crippen LogP contribution in [0, 0.1) is 17.2 Å². The van der Waals surface area contributed by atoms with Gasteiger partial charge in [-0.1, -0.05) is 26.7 Å². The number of nitrogens with zero attached hydrogens (tertiary/aromatic N) is 2. The number of likely N-dealkylation sites (tertiary alicyclic amines) is 1. The number of hydrogen-bond donors (Lipinski definition) is 1. The molecule has 1 rings (SSSR count). The van der Waals surface area contributed by atoms with Crippen molar-refractivity contribution in [2.45, 2.75) is 71.3 Å². The maximum absolute atomic E-state index is 9.27. The van der Waals surface area contributed by atoms with E-state index in [9.17, 15) is 5.26 Å². The van der Waals surface area contributed by atoms with Gasteiger partial charge in [-0.2, -0.15) is 5.26 Å². The third-order valence-corrected chi connectivity index (χ3v) is 4.60. The fraction of sp³-hybridized carbons (Fsp3) is 0.941. The molecular formula is C17H33N3. The van der Waals surface area contributed by atoms with Crippen molar-refractivity contribution in [1.29, 1.82) is 5.26 Å². The van der Waals surface area contributed by atoms with Gasteiger partial charge in [0.25, 0.3) is 0 Å². The van der Waals surface area contributed by atoms with E-state index in [1.54, 1.807) is 0 Å². The van der Waals surface area contributed by atoms with E-state index in [0.29, 0.717) is 0 Å². The van der Waals surface area contributed by atoms with Gasteiger partial charge < -0.3 is 4.90 Å². The van der Waals surface area contributed by atoms with Crippen molar-refractivity contribution < 1.29 is 0 Å². The van der Waals surface area contributed by atoms with E-state index in [1.165, 1.54) is 45.2 Å². The summed E-state index contributed by atoms with van der Waals surface area (Å²) in [5.41, 5.74) is -0.342. The van der Waals surface area contributed by atoms with Gasteiger partial charge in [-0.15, -0.1) is 0 Å². The fourth-order valence-electron chi connectivity index (χ4n) is 3.38. The van der Waals surface area contributed by atoms with Gasteiger partial charge in [0.2, 0.25) is 0 Å². The zero-order valence-electron chi connectivity index (χ0n) is 13.7. The Labute approximate surface area is 125 Å². The fourth-order valence-corrected chi connectivity index (χ4v) is 3.38. The molecule has 2 atom stereocenters. The first-order chi connectivity index (χ1) is 9.63. The van der Waals surface area contributed by atoms with E-state index in [0.717, 1.165) is 31.8 Å². The quantitative estimate of drug-likeness (QED) is 0.738. The second-order valence-electron chi connectivity index (χ2n) is 6.51. The Morgan fingerprint density at radius 1 is 1.30 bits per heavy atom. The third kappa shape index (κ3) is 6.24. The highest BCUT2D eigenvalue weighted by atomic mass is 15.1. The SMILES string of the molecule is CCCC1CCCN(CCCC(C)(C#N)NCC)CC1. The zero-order valence-corrected chi connectivity index (χ0v) is 13.7. The summed E-state index contributed by atoms with van der Waals surface area (Å²) >= 11 is 0. The van der Waals surface area contributed by atoms with E-state index < -0.39 is 0 Å². The molecule has 0 saturated carbocycles. The maximum atomic E-state index is 9.27. The highest BCUT2D eigenvalue weighted by Gasteiger charge is 2.22. The first kappa shape index (κ1) is 17.5. The molecule has 0 aliphatic carbocycles. The Balaban J connectivity index is 2.27. The average Bonchev–Trinajstić information content (AvgIpc) is 2.65. The lowest BCUT2D eigenvalue weighted by molar-refractivity contribution is 0.262. The number of nitriles is 1. The Morgan fingerprint density at radius 3 is 2.75 bits per heavy atom. The van der Waals surface area contributed by atoms with Crippen LogP contribution in [0.1, 0.15) is 65.7 Å². The molecule has 2 unspecified atom stereocenters. The highest BCUT2D eigenvalue weighted by Crippen LogP contribution is 2.22. The minimum absolute atomic E-state index is 0.342. The van der Waals surface area contributed by atoms with Crippen LogP contribution in [0.3, 0.4) is 0 Å². The molecule has 1 N–H and O–H groups in total. The molecule has 20 heavy (non-hydrogen) atoms. The van der Waals surface area contributed by atoms with Crippen molar-refractivity contribution in [2.75, 3.05) is 26.2 Å². The Morgan fingerprint density at radius 2 is 2.10 bits per heavy atom. The van der Waals surface area contributed by atoms with Crippen LogP contribution in [0.2, 0.25) is 0 Å². The molecule has 1 saturated heterocycles. The second kappa shape index (κ2) is 9.37. The second-order valence-corrected chi connectivity index (χ2v) is 6.51. The molecule has 116 valence electrons. The number of rotatable bonds is 8. The van der Waals surface area contributed by atoms with E-state index >= 15 is 0 Å². The lowest BCUT2D eigenvalue weighted by atomic mass is 9.96. The lowest BCUT2D eigenvalue weighted by Crippen LogP contribution is -2.41. The Kier molecular flexibility index (Phi) is 8.18. The molecule has 0 aromatic heterocycles. The molecule has 0 spiro atoms. The van der Waals surface area contributed by atoms with Gasteiger partial charge in [0.1, 0.15) is 5.54 Å². The van der Waals surface area contributed by atoms with Crippen molar-refractivity contribution in [3.63, 3.8) is 0 Å². The van der Waals surface area contributed by atoms with E-state index in [1.807, 2.05) is 6.92 Å². The monoisotopic (exact) mass is 279 g/mol. The van der Waals surface area contributed by atoms with Crippen molar-refractivity contribution >= 4 is 0 Å². The summed E-state index contributed by atoms with van der Waals surface area (Å²) in [5.74, 6) is 0.955. The minimum atomic E-state index is -0.342. The molecule has 3 nitrogen and oxygen atoms in total. The number of nitrogens with one attached hydrogen (secondary N) is 1. The molecule has 1 aliphatic heterocycles. The highest BCUT2D eigenvalue weighted by molar-refractivity contribution is 5.03. The van der Waals surface area contributed by atoms with Gasteiger partial charge in [0.05, 0.1) is 6.07 Å². The summed E-state index contributed by atoms with van der Waals surface area (Å²) in [7, 11) is 0. The zero-order chi connectivity index (χ0) is 14.8. The lowest BCUT2D eigenvalue weighted by Gasteiger charge is -2.25. The summed E-state index contributed by atoms with van der Waals surface area (Å²) in [4.78, 5) is 2.61. The van der Waals surface area contributed by atoms with Gasteiger partial charge in [-0.25, -0.2) is 0 Å². The normalized spacial score (nSPS) is 23.8. The molecule has 0 radical (unpaired) electrons. The summed E-state index contributed by atoms with van der Waals surface area (Å²) < 4.78 is 0. The van der Waals surface area contributed by atoms with Crippen LogP contribution in [-0.4, -0.2) is 36.6 Å². The van der Waals surface area contributed by atoms with Crippen LogP contribution in [0.5, 0.6) is 0 Å². The van der Waals surface area contributed by atoms with Crippen LogP contribution in [-0.2, 0) is 0 Å². The van der Waals surface area contributed by atoms with Gasteiger partial charge in [-0.3, -0.25) is 5.32 Å². The topological polar surface area (TPSA) is 39.1 Å². The van der Waals surface area contributed by atoms with E-state index in [4.69, 9.17) is 0 Å². The molecule has 1 aliphatic rings. The van der Waals surface area contributed by atoms with Gasteiger partial charge >= 0.3 is 0 Å². The summed E-state index contributed by atoms with van der Waals surface area (Å²) in [6.45, 7) is 10.9. The maximum Gasteiger partial charge on any atom is 0.103 e. The van der Waals surface area contributed by atoms with Crippen LogP contribution in [0.25, 0.3) is 0 Å². The molecule has 0 aromatic rings. The van der Waals surface area contributed by atoms with Gasteiger partial charge in [0.15, 0.2) is 0 Å². The van der Waals surface area contributed by atoms with Crippen LogP contribution in [0.15, 0.2) is 0 Å². The minimum Gasteiger partial charge on any atom is -0.303 e. The largest absolute Gasteiger partial charge is 0.303 e. The standard InChI is InChI=1S/C17H33N3/c1-4-8-16-9-6-12-20(14-10-16)13-7-11-17(3,15-18)19-5-2/h16,19H,4-14H2,1-3H3. The molecule has 0 aromatic carbocycles. The van der Waals surface area contributed by atoms with Gasteiger partial charge in [0, 0.05) is 0 Å². The molecule has 3 heteroatoms. The smallest absolute Gasteiger partial charge is 0.103 e. The van der Waals surface area contributed by atoms with Crippen LogP contribution in [0.4, 0.5) is 0 Å². The van der Waals surface area contributed by atoms with Gasteiger partial charge in [-0.05, 0) is 71.1 Å². The Bertz CT molecular complexity index is 297. The van der Waals surface area contributed by atoms with Crippen molar-refractivity contribution in [2.24, 2.45) is 5.92 Å². The molecule has 0 bridgehead atoms. The van der Waals surface area contributed by atoms with Crippen molar-refractivity contribution in [1.82, 2.24) is 10.2 Å². The average molecular weight is 279 g/mol. The van der Waals surface area contributed by atoms with E-state index in [-0.39, 0.29) is 5.54 Å². The van der Waals surface area contributed by atoms with Crippen LogP contribution >= 0.6 is 0 Å².